The topological polar surface area (TPSA) is 45.3 Å². The minimum absolute atomic E-state index is 0.175. The third-order valence-electron chi connectivity index (χ3n) is 3.13. The number of carbonyl (C=O) groups excluding carboxylic acids is 1. The summed E-state index contributed by atoms with van der Waals surface area (Å²) in [6.07, 6.45) is 3.61. The molecule has 1 aromatic rings. The van der Waals surface area contributed by atoms with Crippen molar-refractivity contribution >= 4 is 6.09 Å². The van der Waals surface area contributed by atoms with Gasteiger partial charge in [-0.2, -0.15) is 0 Å². The Morgan fingerprint density at radius 2 is 2.12 bits per heavy atom. The number of H-pyrrole nitrogens is 1. The number of rotatable bonds is 2. The lowest BCUT2D eigenvalue weighted by atomic mass is 10.1. The average molecular weight is 236 g/mol. The van der Waals surface area contributed by atoms with Gasteiger partial charge in [0.05, 0.1) is 5.54 Å². The van der Waals surface area contributed by atoms with E-state index in [1.54, 1.807) is 4.90 Å². The molecule has 1 saturated carbocycles. The lowest BCUT2D eigenvalue weighted by Crippen LogP contribution is -2.41. The van der Waals surface area contributed by atoms with Gasteiger partial charge in [0.1, 0.15) is 5.60 Å². The molecule has 1 aliphatic carbocycles. The van der Waals surface area contributed by atoms with Crippen LogP contribution in [0.3, 0.4) is 0 Å². The van der Waals surface area contributed by atoms with Crippen LogP contribution in [0.25, 0.3) is 0 Å². The van der Waals surface area contributed by atoms with Crippen molar-refractivity contribution in [3.8, 4) is 0 Å². The van der Waals surface area contributed by atoms with E-state index in [2.05, 4.69) is 4.98 Å². The predicted octanol–water partition coefficient (Wildman–Crippen LogP) is 2.87. The van der Waals surface area contributed by atoms with E-state index in [0.717, 1.165) is 18.5 Å². The third-order valence-corrected chi connectivity index (χ3v) is 3.13. The molecule has 0 unspecified atom stereocenters. The van der Waals surface area contributed by atoms with Crippen molar-refractivity contribution in [2.24, 2.45) is 0 Å². The van der Waals surface area contributed by atoms with Gasteiger partial charge in [-0.05, 0) is 45.7 Å². The lowest BCUT2D eigenvalue weighted by molar-refractivity contribution is 0.0186. The molecule has 1 aromatic heterocycles. The number of amides is 1. The Labute approximate surface area is 102 Å². The van der Waals surface area contributed by atoms with Gasteiger partial charge in [-0.25, -0.2) is 4.79 Å². The summed E-state index contributed by atoms with van der Waals surface area (Å²) in [5, 5.41) is 0. The highest BCUT2D eigenvalue weighted by atomic mass is 16.6. The van der Waals surface area contributed by atoms with E-state index < -0.39 is 5.60 Å². The molecule has 0 spiro atoms. The van der Waals surface area contributed by atoms with Gasteiger partial charge in [0.15, 0.2) is 0 Å². The lowest BCUT2D eigenvalue weighted by Gasteiger charge is -2.30. The zero-order chi connectivity index (χ0) is 12.7. The molecule has 1 amide bonds. The minimum atomic E-state index is -0.447. The van der Waals surface area contributed by atoms with Gasteiger partial charge in [-0.1, -0.05) is 0 Å². The van der Waals surface area contributed by atoms with Crippen LogP contribution in [-0.4, -0.2) is 28.6 Å². The average Bonchev–Trinajstić information content (AvgIpc) is 2.82. The quantitative estimate of drug-likeness (QED) is 0.858. The predicted molar refractivity (Wildman–Crippen MR) is 65.7 cm³/mol. The van der Waals surface area contributed by atoms with E-state index in [1.807, 2.05) is 46.1 Å². The molecule has 2 rings (SSSR count). The van der Waals surface area contributed by atoms with Crippen LogP contribution in [0.4, 0.5) is 4.79 Å². The summed E-state index contributed by atoms with van der Waals surface area (Å²) < 4.78 is 5.40. The summed E-state index contributed by atoms with van der Waals surface area (Å²) in [6, 6.07) is 3.98. The summed E-state index contributed by atoms with van der Waals surface area (Å²) >= 11 is 0. The molecule has 0 radical (unpaired) electrons. The highest BCUT2D eigenvalue weighted by molar-refractivity contribution is 5.70. The van der Waals surface area contributed by atoms with Gasteiger partial charge in [0.2, 0.25) is 0 Å². The molecular formula is C13H20N2O2. The largest absolute Gasteiger partial charge is 0.444 e. The molecule has 0 aromatic carbocycles. The Morgan fingerprint density at radius 3 is 2.53 bits per heavy atom. The summed E-state index contributed by atoms with van der Waals surface area (Å²) in [5.74, 6) is 0. The number of ether oxygens (including phenoxy) is 1. The second kappa shape index (κ2) is 3.79. The molecule has 1 aliphatic rings. The molecule has 4 nitrogen and oxygen atoms in total. The number of aromatic nitrogens is 1. The number of nitrogens with zero attached hydrogens (tertiary/aromatic N) is 1. The van der Waals surface area contributed by atoms with Gasteiger partial charge in [0, 0.05) is 18.9 Å². The van der Waals surface area contributed by atoms with Crippen molar-refractivity contribution < 1.29 is 9.53 Å². The number of carbonyl (C=O) groups is 1. The van der Waals surface area contributed by atoms with E-state index in [-0.39, 0.29) is 11.6 Å². The fourth-order valence-electron chi connectivity index (χ4n) is 2.03. The first kappa shape index (κ1) is 12.0. The molecule has 0 aliphatic heterocycles. The minimum Gasteiger partial charge on any atom is -0.444 e. The van der Waals surface area contributed by atoms with Crippen molar-refractivity contribution in [1.29, 1.82) is 0 Å². The Bertz CT molecular complexity index is 400. The molecule has 4 heteroatoms. The molecule has 0 saturated heterocycles. The first-order chi connectivity index (χ1) is 7.85. The van der Waals surface area contributed by atoms with E-state index in [1.165, 1.54) is 0 Å². The van der Waals surface area contributed by atoms with E-state index in [0.29, 0.717) is 0 Å². The normalized spacial score (nSPS) is 17.6. The monoisotopic (exact) mass is 236 g/mol. The Balaban J connectivity index is 2.11. The molecule has 1 N–H and O–H groups in total. The van der Waals surface area contributed by atoms with Gasteiger partial charge < -0.3 is 14.6 Å². The number of hydrogen-bond donors (Lipinski definition) is 1. The Kier molecular flexibility index (Phi) is 2.68. The van der Waals surface area contributed by atoms with Crippen molar-refractivity contribution in [2.45, 2.75) is 44.8 Å². The maximum atomic E-state index is 12.0. The maximum absolute atomic E-state index is 12.0. The van der Waals surface area contributed by atoms with Crippen LogP contribution >= 0.6 is 0 Å². The number of hydrogen-bond acceptors (Lipinski definition) is 2. The van der Waals surface area contributed by atoms with Gasteiger partial charge >= 0.3 is 6.09 Å². The van der Waals surface area contributed by atoms with E-state index in [4.69, 9.17) is 4.74 Å². The van der Waals surface area contributed by atoms with Crippen LogP contribution in [-0.2, 0) is 10.3 Å². The van der Waals surface area contributed by atoms with Crippen LogP contribution in [0.2, 0.25) is 0 Å². The van der Waals surface area contributed by atoms with Crippen LogP contribution in [0.5, 0.6) is 0 Å². The van der Waals surface area contributed by atoms with E-state index >= 15 is 0 Å². The second-order valence-electron chi connectivity index (χ2n) is 5.65. The molecule has 17 heavy (non-hydrogen) atoms. The second-order valence-corrected chi connectivity index (χ2v) is 5.65. The van der Waals surface area contributed by atoms with Crippen LogP contribution in [0.1, 0.15) is 39.3 Å². The number of nitrogens with one attached hydrogen (secondary N) is 1. The highest BCUT2D eigenvalue weighted by Crippen LogP contribution is 2.49. The van der Waals surface area contributed by atoms with Crippen LogP contribution in [0.15, 0.2) is 18.3 Å². The Hall–Kier alpha value is -1.45. The SMILES string of the molecule is CN(C(=O)OC(C)(C)C)C1(c2ccc[nH]2)CC1. The summed E-state index contributed by atoms with van der Waals surface area (Å²) in [5.41, 5.74) is 0.467. The third kappa shape index (κ3) is 2.30. The van der Waals surface area contributed by atoms with Crippen molar-refractivity contribution in [3.63, 3.8) is 0 Å². The zero-order valence-corrected chi connectivity index (χ0v) is 10.9. The van der Waals surface area contributed by atoms with Gasteiger partial charge in [-0.3, -0.25) is 0 Å². The van der Waals surface area contributed by atoms with Crippen LogP contribution < -0.4 is 0 Å². The van der Waals surface area contributed by atoms with Crippen molar-refractivity contribution in [3.05, 3.63) is 24.0 Å². The fraction of sp³-hybridized carbons (Fsp3) is 0.615. The van der Waals surface area contributed by atoms with Crippen LogP contribution in [0, 0.1) is 0 Å². The van der Waals surface area contributed by atoms with Gasteiger partial charge in [0.25, 0.3) is 0 Å². The first-order valence-corrected chi connectivity index (χ1v) is 5.96. The molecular weight excluding hydrogens is 216 g/mol. The number of aromatic amines is 1. The van der Waals surface area contributed by atoms with E-state index in [9.17, 15) is 4.79 Å². The summed E-state index contributed by atoms with van der Waals surface area (Å²) in [4.78, 5) is 16.9. The molecule has 1 heterocycles. The molecule has 1 fully saturated rings. The van der Waals surface area contributed by atoms with Crippen molar-refractivity contribution in [2.75, 3.05) is 7.05 Å². The molecule has 0 atom stereocenters. The maximum Gasteiger partial charge on any atom is 0.410 e. The standard InChI is InChI=1S/C13H20N2O2/c1-12(2,3)17-11(16)15(4)13(7-8-13)10-6-5-9-14-10/h5-6,9,14H,7-8H2,1-4H3. The first-order valence-electron chi connectivity index (χ1n) is 5.96. The van der Waals surface area contributed by atoms with Gasteiger partial charge in [-0.15, -0.1) is 0 Å². The summed E-state index contributed by atoms with van der Waals surface area (Å²) in [6.45, 7) is 5.65. The Morgan fingerprint density at radius 1 is 1.47 bits per heavy atom. The van der Waals surface area contributed by atoms with Crippen molar-refractivity contribution in [1.82, 2.24) is 9.88 Å². The zero-order valence-electron chi connectivity index (χ0n) is 10.9. The smallest absolute Gasteiger partial charge is 0.410 e. The molecule has 0 bridgehead atoms. The molecule has 94 valence electrons. The fourth-order valence-corrected chi connectivity index (χ4v) is 2.03. The summed E-state index contributed by atoms with van der Waals surface area (Å²) in [7, 11) is 1.81. The highest BCUT2D eigenvalue weighted by Gasteiger charge is 2.51.